The monoisotopic (exact) mass is 411 g/mol. The third kappa shape index (κ3) is 3.23. The first-order valence-corrected chi connectivity index (χ1v) is 10.0. The largest absolute Gasteiger partial charge is 0.511 e. The topological polar surface area (TPSA) is 117 Å². The van der Waals surface area contributed by atoms with Gasteiger partial charge in [-0.15, -0.1) is 0 Å². The van der Waals surface area contributed by atoms with E-state index in [9.17, 15) is 14.7 Å². The number of benzene rings is 1. The van der Waals surface area contributed by atoms with Crippen molar-refractivity contribution in [1.82, 2.24) is 14.9 Å². The predicted molar refractivity (Wildman–Crippen MR) is 113 cm³/mol. The molecule has 0 radical (unpaired) electrons. The van der Waals surface area contributed by atoms with Crippen molar-refractivity contribution in [2.75, 3.05) is 6.54 Å². The van der Waals surface area contributed by atoms with E-state index < -0.39 is 23.2 Å². The lowest BCUT2D eigenvalue weighted by molar-refractivity contribution is 0.142. The molecule has 1 unspecified atom stereocenters. The Labute approximate surface area is 173 Å². The number of nitrogens with zero attached hydrogens (tertiary/aromatic N) is 1. The molecule has 8 nitrogen and oxygen atoms in total. The lowest BCUT2D eigenvalue weighted by Gasteiger charge is -2.15. The zero-order chi connectivity index (χ0) is 21.6. The lowest BCUT2D eigenvalue weighted by Crippen LogP contribution is -2.17. The van der Waals surface area contributed by atoms with Crippen molar-refractivity contribution in [3.8, 4) is 22.8 Å². The van der Waals surface area contributed by atoms with Gasteiger partial charge in [-0.3, -0.25) is 4.79 Å². The van der Waals surface area contributed by atoms with E-state index in [1.165, 1.54) is 0 Å². The van der Waals surface area contributed by atoms with Gasteiger partial charge in [0, 0.05) is 41.3 Å². The Morgan fingerprint density at radius 3 is 2.83 bits per heavy atom. The Kier molecular flexibility index (Phi) is 5.03. The standard InChI is InChI=1S/C22H25N3O5/c1-4-23-10-13-7-12-8-16-15(9-17(12)25(13)3)11(2)5-6-14-18(16)24-21(27)20(19(14)26)30-22(28)29/h7-9,11,23H,4-6,10H2,1-3H3,(H,28,29)(H2,24,26,27). The number of aryl methyl sites for hydroxylation is 1. The third-order valence-electron chi connectivity index (χ3n) is 5.93. The third-order valence-corrected chi connectivity index (χ3v) is 5.93. The number of fused-ring (bicyclic) bond motifs is 4. The number of aromatic hydroxyl groups is 1. The average Bonchev–Trinajstić information content (AvgIpc) is 2.94. The van der Waals surface area contributed by atoms with Crippen molar-refractivity contribution < 1.29 is 19.7 Å². The second kappa shape index (κ2) is 7.53. The summed E-state index contributed by atoms with van der Waals surface area (Å²) >= 11 is 0. The van der Waals surface area contributed by atoms with Gasteiger partial charge in [-0.1, -0.05) is 13.8 Å². The van der Waals surface area contributed by atoms with E-state index >= 15 is 0 Å². The molecule has 0 aliphatic heterocycles. The smallest absolute Gasteiger partial charge is 0.504 e. The van der Waals surface area contributed by atoms with Gasteiger partial charge in [0.15, 0.2) is 5.75 Å². The van der Waals surface area contributed by atoms with Crippen LogP contribution in [0.2, 0.25) is 0 Å². The number of hydrogen-bond acceptors (Lipinski definition) is 5. The van der Waals surface area contributed by atoms with Crippen molar-refractivity contribution in [3.05, 3.63) is 45.4 Å². The summed E-state index contributed by atoms with van der Waals surface area (Å²) in [5, 5.41) is 23.9. The maximum atomic E-state index is 12.5. The van der Waals surface area contributed by atoms with Gasteiger partial charge in [-0.05, 0) is 49.1 Å². The molecule has 0 amide bonds. The number of nitrogens with one attached hydrogen (secondary N) is 2. The van der Waals surface area contributed by atoms with Crippen LogP contribution in [0.4, 0.5) is 4.79 Å². The molecule has 1 atom stereocenters. The van der Waals surface area contributed by atoms with Gasteiger partial charge >= 0.3 is 6.16 Å². The number of rotatable bonds is 4. The zero-order valence-corrected chi connectivity index (χ0v) is 17.2. The summed E-state index contributed by atoms with van der Waals surface area (Å²) in [7, 11) is 2.04. The fourth-order valence-electron chi connectivity index (χ4n) is 4.29. The fourth-order valence-corrected chi connectivity index (χ4v) is 4.29. The van der Waals surface area contributed by atoms with Crippen LogP contribution < -0.4 is 15.6 Å². The number of ether oxygens (including phenoxy) is 1. The Morgan fingerprint density at radius 2 is 2.13 bits per heavy atom. The highest BCUT2D eigenvalue weighted by Crippen LogP contribution is 2.43. The first kappa shape index (κ1) is 20.0. The van der Waals surface area contributed by atoms with Crippen LogP contribution >= 0.6 is 0 Å². The minimum atomic E-state index is -1.64. The van der Waals surface area contributed by atoms with E-state index in [1.54, 1.807) is 0 Å². The van der Waals surface area contributed by atoms with Gasteiger partial charge in [0.1, 0.15) is 0 Å². The van der Waals surface area contributed by atoms with Gasteiger partial charge in [0.25, 0.3) is 5.56 Å². The molecule has 3 aromatic rings. The highest BCUT2D eigenvalue weighted by atomic mass is 16.7. The predicted octanol–water partition coefficient (Wildman–Crippen LogP) is 3.46. The number of hydrogen-bond donors (Lipinski definition) is 4. The number of aromatic amines is 1. The Morgan fingerprint density at radius 1 is 1.37 bits per heavy atom. The van der Waals surface area contributed by atoms with E-state index in [1.807, 2.05) is 13.1 Å². The van der Waals surface area contributed by atoms with Crippen LogP contribution in [0.1, 0.15) is 43.0 Å². The molecule has 2 aromatic heterocycles. The van der Waals surface area contributed by atoms with Crippen LogP contribution in [0.5, 0.6) is 11.5 Å². The summed E-state index contributed by atoms with van der Waals surface area (Å²) in [4.78, 5) is 26.2. The molecule has 4 rings (SSSR count). The van der Waals surface area contributed by atoms with Crippen LogP contribution in [0, 0.1) is 0 Å². The normalized spacial score (nSPS) is 15.5. The van der Waals surface area contributed by atoms with Crippen molar-refractivity contribution in [3.63, 3.8) is 0 Å². The van der Waals surface area contributed by atoms with E-state index in [0.29, 0.717) is 17.7 Å². The molecule has 8 heteroatoms. The number of aromatic nitrogens is 2. The number of carboxylic acid groups (broad SMARTS) is 1. The molecule has 2 heterocycles. The van der Waals surface area contributed by atoms with Gasteiger partial charge in [-0.25, -0.2) is 4.79 Å². The van der Waals surface area contributed by atoms with Crippen LogP contribution in [-0.2, 0) is 20.0 Å². The van der Waals surface area contributed by atoms with E-state index in [4.69, 9.17) is 5.11 Å². The maximum Gasteiger partial charge on any atom is 0.511 e. The fraction of sp³-hybridized carbons (Fsp3) is 0.364. The highest BCUT2D eigenvalue weighted by molar-refractivity contribution is 5.89. The van der Waals surface area contributed by atoms with Crippen molar-refractivity contribution in [1.29, 1.82) is 0 Å². The minimum Gasteiger partial charge on any atom is -0.504 e. The second-order valence-electron chi connectivity index (χ2n) is 7.77. The molecule has 1 aliphatic carbocycles. The molecule has 30 heavy (non-hydrogen) atoms. The van der Waals surface area contributed by atoms with Crippen LogP contribution in [-0.4, -0.2) is 32.5 Å². The first-order valence-electron chi connectivity index (χ1n) is 10.0. The molecular weight excluding hydrogens is 386 g/mol. The average molecular weight is 411 g/mol. The molecule has 158 valence electrons. The van der Waals surface area contributed by atoms with Crippen LogP contribution in [0.15, 0.2) is 23.0 Å². The molecule has 0 spiro atoms. The molecular formula is C22H25N3O5. The molecule has 0 bridgehead atoms. The van der Waals surface area contributed by atoms with Crippen LogP contribution in [0.25, 0.3) is 22.2 Å². The molecule has 0 fully saturated rings. The van der Waals surface area contributed by atoms with Gasteiger partial charge in [0.2, 0.25) is 5.75 Å². The highest BCUT2D eigenvalue weighted by Gasteiger charge is 2.27. The zero-order valence-electron chi connectivity index (χ0n) is 17.2. The minimum absolute atomic E-state index is 0.190. The maximum absolute atomic E-state index is 12.5. The van der Waals surface area contributed by atoms with E-state index in [2.05, 4.69) is 45.6 Å². The van der Waals surface area contributed by atoms with Gasteiger partial charge < -0.3 is 29.8 Å². The summed E-state index contributed by atoms with van der Waals surface area (Å²) < 4.78 is 6.70. The summed E-state index contributed by atoms with van der Waals surface area (Å²) in [5.74, 6) is -0.793. The van der Waals surface area contributed by atoms with Crippen molar-refractivity contribution >= 4 is 17.1 Å². The quantitative estimate of drug-likeness (QED) is 0.489. The number of H-pyrrole nitrogens is 1. The lowest BCUT2D eigenvalue weighted by atomic mass is 9.92. The Bertz CT molecular complexity index is 1210. The number of carbonyl (C=O) groups is 1. The molecule has 4 N–H and O–H groups in total. The summed E-state index contributed by atoms with van der Waals surface area (Å²) in [6.45, 7) is 5.81. The second-order valence-corrected chi connectivity index (χ2v) is 7.77. The first-order chi connectivity index (χ1) is 14.3. The van der Waals surface area contributed by atoms with E-state index in [0.717, 1.165) is 47.2 Å². The molecule has 0 saturated heterocycles. The Balaban J connectivity index is 1.95. The molecule has 0 saturated carbocycles. The van der Waals surface area contributed by atoms with E-state index in [-0.39, 0.29) is 5.92 Å². The van der Waals surface area contributed by atoms with Crippen molar-refractivity contribution in [2.45, 2.75) is 39.2 Å². The molecule has 1 aliphatic rings. The SMILES string of the molecule is CCNCc1cc2cc3c(cc2n1C)C(C)CCc1c-3[nH]c(=O)c(OC(=O)O)c1O. The van der Waals surface area contributed by atoms with Crippen molar-refractivity contribution in [2.24, 2.45) is 7.05 Å². The number of pyridine rings is 1. The summed E-state index contributed by atoms with van der Waals surface area (Å²) in [6.07, 6.45) is -0.407. The van der Waals surface area contributed by atoms with Gasteiger partial charge in [0.05, 0.1) is 5.69 Å². The summed E-state index contributed by atoms with van der Waals surface area (Å²) in [5.41, 5.74) is 4.44. The Hall–Kier alpha value is -3.26. The van der Waals surface area contributed by atoms with Crippen LogP contribution in [0.3, 0.4) is 0 Å². The molecule has 1 aromatic carbocycles. The summed E-state index contributed by atoms with van der Waals surface area (Å²) in [6, 6.07) is 6.30. The van der Waals surface area contributed by atoms with Gasteiger partial charge in [-0.2, -0.15) is 0 Å².